The van der Waals surface area contributed by atoms with E-state index in [4.69, 9.17) is 5.73 Å². The fraction of sp³-hybridized carbons (Fsp3) is 0.909. The molecule has 1 aliphatic rings. The smallest absolute Gasteiger partial charge is 0.0937 e. The van der Waals surface area contributed by atoms with Gasteiger partial charge in [0.15, 0.2) is 0 Å². The molecule has 1 saturated heterocycles. The molecule has 2 N–H and O–H groups in total. The Kier molecular flexibility index (Phi) is 4.94. The molecule has 0 aromatic heterocycles. The summed E-state index contributed by atoms with van der Waals surface area (Å²) in [5, 5.41) is 0. The summed E-state index contributed by atoms with van der Waals surface area (Å²) in [6.07, 6.45) is 4.50. The third-order valence-electron chi connectivity index (χ3n) is 2.81. The van der Waals surface area contributed by atoms with E-state index in [0.29, 0.717) is 6.04 Å². The van der Waals surface area contributed by atoms with E-state index in [-0.39, 0.29) is 0 Å². The highest BCUT2D eigenvalue weighted by Gasteiger charge is 2.17. The zero-order chi connectivity index (χ0) is 10.4. The van der Waals surface area contributed by atoms with Crippen molar-refractivity contribution >= 4 is 5.84 Å². The van der Waals surface area contributed by atoms with Crippen LogP contribution in [0.3, 0.4) is 0 Å². The van der Waals surface area contributed by atoms with Crippen LogP contribution in [0, 0.1) is 0 Å². The van der Waals surface area contributed by atoms with Crippen molar-refractivity contribution in [1.82, 2.24) is 4.90 Å². The van der Waals surface area contributed by atoms with Gasteiger partial charge in [-0.1, -0.05) is 13.8 Å². The van der Waals surface area contributed by atoms with Crippen molar-refractivity contribution in [3.8, 4) is 0 Å². The molecule has 3 nitrogen and oxygen atoms in total. The van der Waals surface area contributed by atoms with Crippen molar-refractivity contribution in [3.63, 3.8) is 0 Å². The summed E-state index contributed by atoms with van der Waals surface area (Å²) in [6, 6.07) is 0.489. The normalized spacial score (nSPS) is 21.4. The number of hydrogen-bond acceptors (Lipinski definition) is 2. The van der Waals surface area contributed by atoms with Crippen molar-refractivity contribution in [2.24, 2.45) is 10.7 Å². The molecule has 0 atom stereocenters. The van der Waals surface area contributed by atoms with Crippen molar-refractivity contribution in [3.05, 3.63) is 0 Å². The van der Waals surface area contributed by atoms with E-state index < -0.39 is 0 Å². The molecule has 0 bridgehead atoms. The van der Waals surface area contributed by atoms with E-state index in [9.17, 15) is 0 Å². The van der Waals surface area contributed by atoms with E-state index in [0.717, 1.165) is 12.3 Å². The Balaban J connectivity index is 2.28. The highest BCUT2D eigenvalue weighted by molar-refractivity contribution is 5.80. The Morgan fingerprint density at radius 3 is 2.50 bits per heavy atom. The number of hydrogen-bond donors (Lipinski definition) is 1. The van der Waals surface area contributed by atoms with Gasteiger partial charge in [-0.3, -0.25) is 4.99 Å². The molecule has 0 radical (unpaired) electrons. The molecule has 82 valence electrons. The maximum atomic E-state index is 5.73. The average molecular weight is 197 g/mol. The molecule has 1 rings (SSSR count). The summed E-state index contributed by atoms with van der Waals surface area (Å²) in [5.74, 6) is 0.818. The van der Waals surface area contributed by atoms with Crippen LogP contribution in [0.2, 0.25) is 0 Å². The molecule has 0 aromatic carbocycles. The summed E-state index contributed by atoms with van der Waals surface area (Å²) < 4.78 is 0. The summed E-state index contributed by atoms with van der Waals surface area (Å²) >= 11 is 0. The van der Waals surface area contributed by atoms with Crippen LogP contribution in [0.15, 0.2) is 4.99 Å². The Labute approximate surface area is 87.4 Å². The van der Waals surface area contributed by atoms with Crippen LogP contribution in [0.1, 0.15) is 39.5 Å². The number of amidine groups is 1. The highest BCUT2D eigenvalue weighted by Crippen LogP contribution is 2.13. The van der Waals surface area contributed by atoms with Gasteiger partial charge in [0.05, 0.1) is 11.9 Å². The number of piperidine rings is 1. The monoisotopic (exact) mass is 197 g/mol. The minimum Gasteiger partial charge on any atom is -0.387 e. The Hall–Kier alpha value is -0.570. The third-order valence-corrected chi connectivity index (χ3v) is 2.81. The summed E-state index contributed by atoms with van der Waals surface area (Å²) in [7, 11) is 0. The van der Waals surface area contributed by atoms with Crippen molar-refractivity contribution in [1.29, 1.82) is 0 Å². The van der Waals surface area contributed by atoms with Crippen LogP contribution in [-0.2, 0) is 0 Å². The van der Waals surface area contributed by atoms with Gasteiger partial charge in [0.1, 0.15) is 0 Å². The van der Waals surface area contributed by atoms with Gasteiger partial charge in [0.25, 0.3) is 0 Å². The first-order valence-electron chi connectivity index (χ1n) is 5.80. The van der Waals surface area contributed by atoms with E-state index >= 15 is 0 Å². The second-order valence-electron chi connectivity index (χ2n) is 4.05. The predicted octanol–water partition coefficient (Wildman–Crippen LogP) is 1.63. The van der Waals surface area contributed by atoms with Gasteiger partial charge in [-0.2, -0.15) is 0 Å². The molecule has 0 aliphatic carbocycles. The second-order valence-corrected chi connectivity index (χ2v) is 4.05. The first-order chi connectivity index (χ1) is 6.76. The summed E-state index contributed by atoms with van der Waals surface area (Å²) in [4.78, 5) is 7.04. The zero-order valence-electron chi connectivity index (χ0n) is 9.50. The molecule has 1 fully saturated rings. The number of aliphatic imine (C=N–C) groups is 1. The van der Waals surface area contributed by atoms with Gasteiger partial charge in [-0.25, -0.2) is 0 Å². The SMILES string of the molecule is CCCN1CCC(N=C(N)CC)CC1. The Morgan fingerprint density at radius 1 is 1.36 bits per heavy atom. The molecule has 0 saturated carbocycles. The first-order valence-corrected chi connectivity index (χ1v) is 5.80. The molecule has 0 amide bonds. The molecule has 0 aromatic rings. The molecular weight excluding hydrogens is 174 g/mol. The van der Waals surface area contributed by atoms with Gasteiger partial charge in [0.2, 0.25) is 0 Å². The van der Waals surface area contributed by atoms with Crippen LogP contribution in [-0.4, -0.2) is 36.4 Å². The topological polar surface area (TPSA) is 41.6 Å². The number of rotatable bonds is 4. The van der Waals surface area contributed by atoms with E-state index in [2.05, 4.69) is 23.7 Å². The number of likely N-dealkylation sites (tertiary alicyclic amines) is 1. The first kappa shape index (κ1) is 11.5. The lowest BCUT2D eigenvalue weighted by Gasteiger charge is -2.29. The maximum Gasteiger partial charge on any atom is 0.0937 e. The van der Waals surface area contributed by atoms with Gasteiger partial charge in [-0.05, 0) is 25.8 Å². The van der Waals surface area contributed by atoms with Crippen molar-refractivity contribution < 1.29 is 0 Å². The lowest BCUT2D eigenvalue weighted by atomic mass is 10.1. The average Bonchev–Trinajstić information content (AvgIpc) is 2.21. The van der Waals surface area contributed by atoms with Gasteiger partial charge in [0, 0.05) is 19.5 Å². The van der Waals surface area contributed by atoms with Crippen molar-refractivity contribution in [2.45, 2.75) is 45.6 Å². The molecule has 3 heteroatoms. The lowest BCUT2D eigenvalue weighted by molar-refractivity contribution is 0.214. The number of nitrogens with two attached hydrogens (primary N) is 1. The molecule has 0 unspecified atom stereocenters. The Morgan fingerprint density at radius 2 is 2.00 bits per heavy atom. The summed E-state index contributed by atoms with van der Waals surface area (Å²) in [6.45, 7) is 7.92. The van der Waals surface area contributed by atoms with Crippen LogP contribution in [0.25, 0.3) is 0 Å². The van der Waals surface area contributed by atoms with Gasteiger partial charge in [-0.15, -0.1) is 0 Å². The van der Waals surface area contributed by atoms with E-state index in [1.807, 2.05) is 0 Å². The third kappa shape index (κ3) is 3.66. The molecule has 14 heavy (non-hydrogen) atoms. The quantitative estimate of drug-likeness (QED) is 0.550. The standard InChI is InChI=1S/C11H23N3/c1-3-7-14-8-5-10(6-9-14)13-11(12)4-2/h10H,3-9H2,1-2H3,(H2,12,13). The molecular formula is C11H23N3. The van der Waals surface area contributed by atoms with E-state index in [1.165, 1.54) is 38.9 Å². The molecule has 0 spiro atoms. The zero-order valence-corrected chi connectivity index (χ0v) is 9.50. The maximum absolute atomic E-state index is 5.73. The fourth-order valence-corrected chi connectivity index (χ4v) is 1.91. The molecule has 1 aliphatic heterocycles. The van der Waals surface area contributed by atoms with E-state index in [1.54, 1.807) is 0 Å². The minimum absolute atomic E-state index is 0.489. The van der Waals surface area contributed by atoms with Crippen molar-refractivity contribution in [2.75, 3.05) is 19.6 Å². The fourth-order valence-electron chi connectivity index (χ4n) is 1.91. The lowest BCUT2D eigenvalue weighted by Crippen LogP contribution is -2.36. The van der Waals surface area contributed by atoms with Crippen LogP contribution < -0.4 is 5.73 Å². The van der Waals surface area contributed by atoms with Gasteiger partial charge < -0.3 is 10.6 Å². The van der Waals surface area contributed by atoms with Gasteiger partial charge >= 0.3 is 0 Å². The minimum atomic E-state index is 0.489. The van der Waals surface area contributed by atoms with Crippen LogP contribution in [0.5, 0.6) is 0 Å². The number of nitrogens with zero attached hydrogens (tertiary/aromatic N) is 2. The summed E-state index contributed by atoms with van der Waals surface area (Å²) in [5.41, 5.74) is 5.73. The molecule has 1 heterocycles. The Bertz CT molecular complexity index is 181. The largest absolute Gasteiger partial charge is 0.387 e. The predicted molar refractivity (Wildman–Crippen MR) is 61.7 cm³/mol. The highest BCUT2D eigenvalue weighted by atomic mass is 15.1. The van der Waals surface area contributed by atoms with Crippen LogP contribution >= 0.6 is 0 Å². The van der Waals surface area contributed by atoms with Crippen LogP contribution in [0.4, 0.5) is 0 Å². The second kappa shape index (κ2) is 6.02.